The van der Waals surface area contributed by atoms with Crippen LogP contribution in [0.4, 0.5) is 10.1 Å². The number of aliphatic hydroxyl groups excluding tert-OH is 2. The summed E-state index contributed by atoms with van der Waals surface area (Å²) < 4.78 is 0.591. The van der Waals surface area contributed by atoms with Crippen LogP contribution in [0.15, 0.2) is 9.30 Å². The Morgan fingerprint density at radius 1 is 1.43 bits per heavy atom. The van der Waals surface area contributed by atoms with Gasteiger partial charge in [0.15, 0.2) is 10.3 Å². The molecule has 0 spiro atoms. The van der Waals surface area contributed by atoms with Gasteiger partial charge < -0.3 is 20.4 Å². The molecule has 0 radical (unpaired) electrons. The summed E-state index contributed by atoms with van der Waals surface area (Å²) in [6.07, 6.45) is -1.75. The van der Waals surface area contributed by atoms with E-state index in [4.69, 9.17) is 0 Å². The molecule has 0 aliphatic carbocycles. The first-order chi connectivity index (χ1) is 10.9. The van der Waals surface area contributed by atoms with Crippen LogP contribution in [0.2, 0.25) is 0 Å². The van der Waals surface area contributed by atoms with Gasteiger partial charge in [-0.25, -0.2) is 4.90 Å². The zero-order chi connectivity index (χ0) is 16.7. The normalized spacial score (nSPS) is 21.3. The lowest BCUT2D eigenvalue weighted by Crippen LogP contribution is -2.50. The Balaban J connectivity index is 1.80. The summed E-state index contributed by atoms with van der Waals surface area (Å²) in [6.45, 7) is 0. The topological polar surface area (TPSA) is 102 Å². The van der Waals surface area contributed by atoms with E-state index >= 15 is 0 Å². The Labute approximate surface area is 148 Å². The van der Waals surface area contributed by atoms with Crippen molar-refractivity contribution in [2.24, 2.45) is 0 Å². The van der Waals surface area contributed by atoms with Crippen molar-refractivity contribution in [3.8, 4) is 0 Å². The number of halogens is 1. The maximum absolute atomic E-state index is 12.2. The number of hydrogen-bond donors (Lipinski definition) is 3. The highest BCUT2D eigenvalue weighted by atomic mass is 79.9. The van der Waals surface area contributed by atoms with Crippen molar-refractivity contribution in [1.29, 1.82) is 0 Å². The number of aromatic nitrogens is 2. The summed E-state index contributed by atoms with van der Waals surface area (Å²) >= 11 is 5.80. The number of aliphatic hydroxyl groups is 2. The number of thiophene rings is 1. The van der Waals surface area contributed by atoms with E-state index < -0.39 is 12.6 Å². The Kier molecular flexibility index (Phi) is 4.67. The molecule has 23 heavy (non-hydrogen) atoms. The number of rotatable bonds is 3. The van der Waals surface area contributed by atoms with Crippen molar-refractivity contribution in [2.45, 2.75) is 19.0 Å². The smallest absolute Gasteiger partial charge is 0.230 e. The van der Waals surface area contributed by atoms with Crippen LogP contribution < -0.4 is 10.2 Å². The van der Waals surface area contributed by atoms with E-state index in [1.165, 1.54) is 27.6 Å². The van der Waals surface area contributed by atoms with Crippen molar-refractivity contribution in [2.75, 3.05) is 24.3 Å². The average Bonchev–Trinajstić information content (AvgIpc) is 3.09. The zero-order valence-electron chi connectivity index (χ0n) is 12.2. The summed E-state index contributed by atoms with van der Waals surface area (Å²) in [7, 11) is 3.36. The van der Waals surface area contributed by atoms with Gasteiger partial charge in [-0.3, -0.25) is 4.79 Å². The number of nitrogens with zero attached hydrogens (tertiary/aromatic N) is 4. The molecule has 0 fully saturated rings. The molecule has 0 saturated carbocycles. The van der Waals surface area contributed by atoms with E-state index in [0.717, 1.165) is 10.6 Å². The first-order valence-electron chi connectivity index (χ1n) is 6.58. The minimum atomic E-state index is -0.957. The van der Waals surface area contributed by atoms with Crippen molar-refractivity contribution in [3.63, 3.8) is 0 Å². The second-order valence-corrected chi connectivity index (χ2v) is 8.17. The number of amides is 1. The lowest BCUT2D eigenvalue weighted by molar-refractivity contribution is -0.115. The minimum absolute atomic E-state index is 0.109. The Morgan fingerprint density at radius 2 is 2.17 bits per heavy atom. The van der Waals surface area contributed by atoms with Crippen molar-refractivity contribution >= 4 is 54.6 Å². The molecule has 11 heteroatoms. The summed E-state index contributed by atoms with van der Waals surface area (Å²) in [5.41, 5.74) is 1.38. The zero-order valence-corrected chi connectivity index (χ0v) is 15.4. The summed E-state index contributed by atoms with van der Waals surface area (Å²) in [5, 5.41) is 33.7. The number of fused-ring (bicyclic) bond motifs is 1. The quantitative estimate of drug-likeness (QED) is 0.686. The van der Waals surface area contributed by atoms with E-state index in [0.29, 0.717) is 14.6 Å². The van der Waals surface area contributed by atoms with Crippen molar-refractivity contribution < 1.29 is 15.0 Å². The predicted molar refractivity (Wildman–Crippen MR) is 91.4 cm³/mol. The van der Waals surface area contributed by atoms with E-state index in [-0.39, 0.29) is 12.3 Å². The molecule has 3 N–H and O–H groups in total. The Hall–Kier alpha value is -1.11. The molecule has 3 heterocycles. The molecular formula is C12H14BrN5O3S2. The molecule has 1 amide bonds. The van der Waals surface area contributed by atoms with Gasteiger partial charge in [0.05, 0.1) is 6.42 Å². The molecule has 3 rings (SSSR count). The lowest BCUT2D eigenvalue weighted by atomic mass is 10.1. The van der Waals surface area contributed by atoms with Crippen LogP contribution in [0, 0.1) is 0 Å². The SMILES string of the molecule is CN1c2scc(CC(=O)Nc3nnc(Br)s3)c2C(O)N(C)C1O. The highest BCUT2D eigenvalue weighted by Crippen LogP contribution is 2.42. The fraction of sp³-hybridized carbons (Fsp3) is 0.417. The predicted octanol–water partition coefficient (Wildman–Crippen LogP) is 1.19. The van der Waals surface area contributed by atoms with Gasteiger partial charge in [0.25, 0.3) is 0 Å². The van der Waals surface area contributed by atoms with Crippen LogP contribution >= 0.6 is 38.6 Å². The molecule has 2 aromatic heterocycles. The van der Waals surface area contributed by atoms with E-state index in [1.54, 1.807) is 19.0 Å². The number of carbonyl (C=O) groups excluding carboxylic acids is 1. The number of carbonyl (C=O) groups is 1. The molecule has 2 unspecified atom stereocenters. The van der Waals surface area contributed by atoms with Gasteiger partial charge in [-0.1, -0.05) is 11.3 Å². The monoisotopic (exact) mass is 419 g/mol. The standard InChI is InChI=1S/C12H14BrN5O3S2/c1-17-8(20)7-5(4-22-9(7)18(2)12(17)21)3-6(19)14-11-16-15-10(13)23-11/h4,8,12,20-21H,3H2,1-2H3,(H,14,16,19). The molecule has 2 aromatic rings. The molecule has 124 valence electrons. The highest BCUT2D eigenvalue weighted by Gasteiger charge is 2.36. The maximum atomic E-state index is 12.2. The molecule has 0 aromatic carbocycles. The average molecular weight is 420 g/mol. The molecule has 0 saturated heterocycles. The van der Waals surface area contributed by atoms with Crippen LogP contribution in [-0.4, -0.2) is 51.7 Å². The number of hydrogen-bond acceptors (Lipinski definition) is 9. The van der Waals surface area contributed by atoms with E-state index in [9.17, 15) is 15.0 Å². The second-order valence-electron chi connectivity index (χ2n) is 5.06. The largest absolute Gasteiger partial charge is 0.374 e. The number of anilines is 2. The van der Waals surface area contributed by atoms with Crippen LogP contribution in [0.5, 0.6) is 0 Å². The minimum Gasteiger partial charge on any atom is -0.374 e. The molecule has 1 aliphatic rings. The van der Waals surface area contributed by atoms with Crippen LogP contribution in [0.3, 0.4) is 0 Å². The second kappa shape index (κ2) is 6.42. The van der Waals surface area contributed by atoms with Gasteiger partial charge in [-0.05, 0) is 33.9 Å². The Bertz CT molecular complexity index is 736. The van der Waals surface area contributed by atoms with Gasteiger partial charge in [-0.2, -0.15) is 0 Å². The third-order valence-electron chi connectivity index (χ3n) is 3.56. The fourth-order valence-electron chi connectivity index (χ4n) is 2.38. The summed E-state index contributed by atoms with van der Waals surface area (Å²) in [4.78, 5) is 15.3. The Morgan fingerprint density at radius 3 is 2.83 bits per heavy atom. The van der Waals surface area contributed by atoms with Gasteiger partial charge >= 0.3 is 0 Å². The maximum Gasteiger partial charge on any atom is 0.230 e. The van der Waals surface area contributed by atoms with Crippen LogP contribution in [-0.2, 0) is 11.2 Å². The van der Waals surface area contributed by atoms with Gasteiger partial charge in [-0.15, -0.1) is 21.5 Å². The van der Waals surface area contributed by atoms with Gasteiger partial charge in [0, 0.05) is 12.6 Å². The molecular weight excluding hydrogens is 406 g/mol. The fourth-order valence-corrected chi connectivity index (χ4v) is 4.49. The number of nitrogens with one attached hydrogen (secondary N) is 1. The van der Waals surface area contributed by atoms with Gasteiger partial charge in [0.2, 0.25) is 11.0 Å². The molecule has 8 nitrogen and oxygen atoms in total. The summed E-state index contributed by atoms with van der Waals surface area (Å²) in [5.74, 6) is -0.238. The molecule has 2 atom stereocenters. The highest BCUT2D eigenvalue weighted by molar-refractivity contribution is 9.11. The first-order valence-corrected chi connectivity index (χ1v) is 9.07. The third-order valence-corrected chi connectivity index (χ3v) is 5.97. The van der Waals surface area contributed by atoms with Crippen LogP contribution in [0.25, 0.3) is 0 Å². The van der Waals surface area contributed by atoms with E-state index in [2.05, 4.69) is 31.4 Å². The lowest BCUT2D eigenvalue weighted by Gasteiger charge is -2.40. The van der Waals surface area contributed by atoms with Crippen LogP contribution in [0.1, 0.15) is 17.4 Å². The molecule has 0 bridgehead atoms. The van der Waals surface area contributed by atoms with Gasteiger partial charge in [0.1, 0.15) is 11.2 Å². The first kappa shape index (κ1) is 16.7. The molecule has 1 aliphatic heterocycles. The third kappa shape index (κ3) is 3.12. The van der Waals surface area contributed by atoms with E-state index in [1.807, 2.05) is 5.38 Å². The van der Waals surface area contributed by atoms with Crippen molar-refractivity contribution in [3.05, 3.63) is 20.4 Å². The summed E-state index contributed by atoms with van der Waals surface area (Å²) in [6, 6.07) is 0. The van der Waals surface area contributed by atoms with Crippen molar-refractivity contribution in [1.82, 2.24) is 15.1 Å².